The van der Waals surface area contributed by atoms with Crippen molar-refractivity contribution < 1.29 is 0 Å². The van der Waals surface area contributed by atoms with Crippen LogP contribution in [0.4, 0.5) is 0 Å². The second-order valence-electron chi connectivity index (χ2n) is 10.4. The predicted molar refractivity (Wildman–Crippen MR) is 171 cm³/mol. The second kappa shape index (κ2) is 11.6. The fourth-order valence-corrected chi connectivity index (χ4v) is 5.46. The normalized spacial score (nSPS) is 15.1. The van der Waals surface area contributed by atoms with Gasteiger partial charge in [-0.05, 0) is 64.4 Å². The van der Waals surface area contributed by atoms with Crippen LogP contribution in [0.2, 0.25) is 0 Å². The average Bonchev–Trinajstić information content (AvgIpc) is 3.22. The van der Waals surface area contributed by atoms with Gasteiger partial charge in [-0.3, -0.25) is 0 Å². The van der Waals surface area contributed by atoms with E-state index in [-0.39, 0.29) is 5.92 Å². The zero-order valence-corrected chi connectivity index (χ0v) is 23.1. The van der Waals surface area contributed by atoms with Crippen molar-refractivity contribution >= 4 is 17.0 Å². The van der Waals surface area contributed by atoms with Crippen LogP contribution in [-0.4, -0.2) is 5.71 Å². The monoisotopic (exact) mass is 515 g/mol. The average molecular weight is 516 g/mol. The van der Waals surface area contributed by atoms with Gasteiger partial charge in [0.25, 0.3) is 0 Å². The lowest BCUT2D eigenvalue weighted by atomic mass is 9.87. The van der Waals surface area contributed by atoms with Gasteiger partial charge >= 0.3 is 0 Å². The van der Waals surface area contributed by atoms with E-state index in [2.05, 4.69) is 159 Å². The summed E-state index contributed by atoms with van der Waals surface area (Å²) in [4.78, 5) is 5.31. The predicted octanol–water partition coefficient (Wildman–Crippen LogP) is 10.3. The third-order valence-corrected chi connectivity index (χ3v) is 7.64. The van der Waals surface area contributed by atoms with Gasteiger partial charge in [0, 0.05) is 11.5 Å². The largest absolute Gasteiger partial charge is 0.248 e. The Balaban J connectivity index is 1.47. The zero-order chi connectivity index (χ0) is 27.3. The lowest BCUT2D eigenvalue weighted by Crippen LogP contribution is -2.03. The first kappa shape index (κ1) is 25.5. The van der Waals surface area contributed by atoms with Crippen LogP contribution >= 0.6 is 0 Å². The van der Waals surface area contributed by atoms with E-state index < -0.39 is 0 Å². The molecule has 0 aliphatic carbocycles. The molecule has 0 N–H and O–H groups in total. The molecule has 0 saturated carbocycles. The molecular formula is C39H33N. The van der Waals surface area contributed by atoms with Crippen molar-refractivity contribution in [3.05, 3.63) is 168 Å². The number of aliphatic imine (C=N–C) groups is 1. The summed E-state index contributed by atoms with van der Waals surface area (Å²) in [5.74, 6) is 0.249. The molecule has 0 fully saturated rings. The molecule has 1 heteroatoms. The van der Waals surface area contributed by atoms with Crippen LogP contribution in [0.1, 0.15) is 35.6 Å². The van der Waals surface area contributed by atoms with Crippen LogP contribution in [0.15, 0.2) is 151 Å². The van der Waals surface area contributed by atoms with Crippen LogP contribution in [0.3, 0.4) is 0 Å². The summed E-state index contributed by atoms with van der Waals surface area (Å²) < 4.78 is 0. The van der Waals surface area contributed by atoms with Gasteiger partial charge in [0.15, 0.2) is 0 Å². The van der Waals surface area contributed by atoms with Crippen molar-refractivity contribution in [1.82, 2.24) is 0 Å². The molecular weight excluding hydrogens is 482 g/mol. The molecule has 0 bridgehead atoms. The molecule has 194 valence electrons. The standard InChI is InChI=1S/C39H33N/c1-3-29-26-38(33-15-8-5-9-16-33)40-39(36-19-11-18-35(25-36)34-17-10-12-28(2)24-34)27-37(29)32-22-20-31(21-23-32)30-13-6-4-7-14-30/h4-27,29H,3H2,1-2H3. The van der Waals surface area contributed by atoms with Crippen molar-refractivity contribution in [2.24, 2.45) is 10.9 Å². The SMILES string of the molecule is CCC1C=C(c2ccccc2)N=C(c2cccc(-c3cccc(C)c3)c2)C=C1c1ccc(-c2ccccc2)cc1. The van der Waals surface area contributed by atoms with E-state index in [9.17, 15) is 0 Å². The Morgan fingerprint density at radius 3 is 1.75 bits per heavy atom. The molecule has 0 saturated heterocycles. The maximum atomic E-state index is 5.31. The maximum Gasteiger partial charge on any atom is 0.0712 e. The summed E-state index contributed by atoms with van der Waals surface area (Å²) in [6.45, 7) is 4.40. The minimum Gasteiger partial charge on any atom is -0.248 e. The van der Waals surface area contributed by atoms with Gasteiger partial charge in [0.2, 0.25) is 0 Å². The minimum absolute atomic E-state index is 0.249. The number of allylic oxidation sites excluding steroid dienone is 3. The lowest BCUT2D eigenvalue weighted by molar-refractivity contribution is 0.795. The Morgan fingerprint density at radius 1 is 0.525 bits per heavy atom. The Labute approximate surface area is 237 Å². The Hall–Kier alpha value is -4.75. The third-order valence-electron chi connectivity index (χ3n) is 7.64. The van der Waals surface area contributed by atoms with E-state index in [4.69, 9.17) is 4.99 Å². The number of rotatable bonds is 6. The maximum absolute atomic E-state index is 5.31. The van der Waals surface area contributed by atoms with E-state index in [1.165, 1.54) is 39.0 Å². The minimum atomic E-state index is 0.249. The number of aryl methyl sites for hydroxylation is 1. The molecule has 1 aliphatic heterocycles. The number of benzene rings is 5. The van der Waals surface area contributed by atoms with Gasteiger partial charge < -0.3 is 0 Å². The Morgan fingerprint density at radius 2 is 1.07 bits per heavy atom. The highest BCUT2D eigenvalue weighted by Crippen LogP contribution is 2.35. The van der Waals surface area contributed by atoms with Crippen LogP contribution in [0.5, 0.6) is 0 Å². The first-order valence-electron chi connectivity index (χ1n) is 14.1. The van der Waals surface area contributed by atoms with Gasteiger partial charge in [-0.2, -0.15) is 0 Å². The molecule has 6 rings (SSSR count). The lowest BCUT2D eigenvalue weighted by Gasteiger charge is -2.16. The van der Waals surface area contributed by atoms with Crippen LogP contribution in [0, 0.1) is 12.8 Å². The highest BCUT2D eigenvalue weighted by atomic mass is 14.8. The van der Waals surface area contributed by atoms with E-state index in [1.807, 2.05) is 0 Å². The first-order chi connectivity index (χ1) is 19.7. The topological polar surface area (TPSA) is 12.4 Å². The van der Waals surface area contributed by atoms with E-state index in [1.54, 1.807) is 0 Å². The molecule has 0 aromatic heterocycles. The molecule has 40 heavy (non-hydrogen) atoms. The molecule has 5 aromatic carbocycles. The molecule has 0 radical (unpaired) electrons. The molecule has 5 aromatic rings. The Kier molecular flexibility index (Phi) is 7.37. The first-order valence-corrected chi connectivity index (χ1v) is 14.1. The van der Waals surface area contributed by atoms with Gasteiger partial charge in [-0.25, -0.2) is 4.99 Å². The summed E-state index contributed by atoms with van der Waals surface area (Å²) in [5, 5.41) is 0. The molecule has 1 heterocycles. The van der Waals surface area contributed by atoms with Crippen molar-refractivity contribution in [2.75, 3.05) is 0 Å². The Bertz CT molecular complexity index is 1700. The summed E-state index contributed by atoms with van der Waals surface area (Å²) in [5.41, 5.74) is 13.0. The third kappa shape index (κ3) is 5.51. The van der Waals surface area contributed by atoms with E-state index in [0.717, 1.165) is 29.0 Å². The van der Waals surface area contributed by atoms with Crippen LogP contribution in [-0.2, 0) is 0 Å². The summed E-state index contributed by atoms with van der Waals surface area (Å²) in [6, 6.07) is 47.6. The molecule has 1 aliphatic rings. The number of hydrogen-bond donors (Lipinski definition) is 0. The molecule has 0 amide bonds. The van der Waals surface area contributed by atoms with Gasteiger partial charge in [-0.15, -0.1) is 0 Å². The van der Waals surface area contributed by atoms with Gasteiger partial charge in [-0.1, -0.05) is 146 Å². The molecule has 1 atom stereocenters. The summed E-state index contributed by atoms with van der Waals surface area (Å²) in [6.07, 6.45) is 5.66. The smallest absolute Gasteiger partial charge is 0.0712 e. The van der Waals surface area contributed by atoms with Crippen molar-refractivity contribution in [2.45, 2.75) is 20.3 Å². The highest BCUT2D eigenvalue weighted by Gasteiger charge is 2.20. The molecule has 1 nitrogen and oxygen atoms in total. The van der Waals surface area contributed by atoms with Crippen molar-refractivity contribution in [1.29, 1.82) is 0 Å². The van der Waals surface area contributed by atoms with Gasteiger partial charge in [0.1, 0.15) is 0 Å². The summed E-state index contributed by atoms with van der Waals surface area (Å²) in [7, 11) is 0. The fraction of sp³-hybridized carbons (Fsp3) is 0.103. The van der Waals surface area contributed by atoms with E-state index >= 15 is 0 Å². The van der Waals surface area contributed by atoms with Gasteiger partial charge in [0.05, 0.1) is 11.4 Å². The fourth-order valence-electron chi connectivity index (χ4n) is 5.46. The molecule has 0 spiro atoms. The number of nitrogens with zero attached hydrogens (tertiary/aromatic N) is 1. The second-order valence-corrected chi connectivity index (χ2v) is 10.4. The highest BCUT2D eigenvalue weighted by molar-refractivity contribution is 6.15. The zero-order valence-electron chi connectivity index (χ0n) is 23.1. The van der Waals surface area contributed by atoms with Crippen molar-refractivity contribution in [3.63, 3.8) is 0 Å². The molecule has 1 unspecified atom stereocenters. The summed E-state index contributed by atoms with van der Waals surface area (Å²) >= 11 is 0. The van der Waals surface area contributed by atoms with Crippen LogP contribution in [0.25, 0.3) is 33.5 Å². The van der Waals surface area contributed by atoms with Crippen molar-refractivity contribution in [3.8, 4) is 22.3 Å². The number of hydrogen-bond acceptors (Lipinski definition) is 1. The quantitative estimate of drug-likeness (QED) is 0.213. The van der Waals surface area contributed by atoms with Crippen LogP contribution < -0.4 is 0 Å². The van der Waals surface area contributed by atoms with E-state index in [0.29, 0.717) is 0 Å².